The monoisotopic (exact) mass is 288 g/mol. The molecule has 1 aliphatic rings. The third-order valence-electron chi connectivity index (χ3n) is 3.18. The van der Waals surface area contributed by atoms with E-state index in [0.29, 0.717) is 22.3 Å². The van der Waals surface area contributed by atoms with Gasteiger partial charge in [-0.3, -0.25) is 4.79 Å². The quantitative estimate of drug-likeness (QED) is 0.820. The third kappa shape index (κ3) is 3.79. The molecule has 0 aromatic heterocycles. The van der Waals surface area contributed by atoms with Crippen molar-refractivity contribution in [3.8, 4) is 0 Å². The number of hydrogen-bond donors (Lipinski definition) is 2. The van der Waals surface area contributed by atoms with Crippen molar-refractivity contribution < 1.29 is 4.79 Å². The number of nitrogens with two attached hydrogens (primary N) is 1. The Balaban J connectivity index is 0.00000162. The predicted octanol–water partition coefficient (Wildman–Crippen LogP) is 3.41. The summed E-state index contributed by atoms with van der Waals surface area (Å²) in [6.45, 7) is 0. The largest absolute Gasteiger partial charge is 0.399 e. The molecule has 0 atom stereocenters. The molecule has 3 nitrogen and oxygen atoms in total. The van der Waals surface area contributed by atoms with Crippen molar-refractivity contribution in [3.63, 3.8) is 0 Å². The molecule has 5 heteroatoms. The first-order valence-corrected chi connectivity index (χ1v) is 6.40. The van der Waals surface area contributed by atoms with Crippen LogP contribution in [0, 0.1) is 0 Å². The van der Waals surface area contributed by atoms with Crippen molar-refractivity contribution >= 4 is 35.6 Å². The summed E-state index contributed by atoms with van der Waals surface area (Å²) < 4.78 is 0. The first-order chi connectivity index (χ1) is 8.16. The lowest BCUT2D eigenvalue weighted by Crippen LogP contribution is -2.36. The van der Waals surface area contributed by atoms with Gasteiger partial charge in [0.1, 0.15) is 0 Å². The van der Waals surface area contributed by atoms with Crippen molar-refractivity contribution in [2.45, 2.75) is 38.1 Å². The molecule has 3 N–H and O–H groups in total. The maximum Gasteiger partial charge on any atom is 0.253 e. The fourth-order valence-electron chi connectivity index (χ4n) is 2.23. The molecule has 0 aliphatic heterocycles. The Bertz CT molecular complexity index is 417. The number of anilines is 1. The van der Waals surface area contributed by atoms with E-state index >= 15 is 0 Å². The number of halogens is 2. The molecule has 1 saturated carbocycles. The standard InChI is InChI=1S/C13H17ClN2O.ClH/c14-12-8-9(15)6-7-11(12)13(17)16-10-4-2-1-3-5-10;/h6-8,10H,1-5,15H2,(H,16,17);1H. The number of carbonyl (C=O) groups is 1. The van der Waals surface area contributed by atoms with Crippen molar-refractivity contribution in [2.75, 3.05) is 5.73 Å². The van der Waals surface area contributed by atoms with E-state index in [0.717, 1.165) is 12.8 Å². The summed E-state index contributed by atoms with van der Waals surface area (Å²) in [6, 6.07) is 5.28. The van der Waals surface area contributed by atoms with E-state index in [4.69, 9.17) is 17.3 Å². The molecule has 2 rings (SSSR count). The van der Waals surface area contributed by atoms with Gasteiger partial charge in [-0.25, -0.2) is 0 Å². The van der Waals surface area contributed by atoms with Crippen LogP contribution in [0.1, 0.15) is 42.5 Å². The van der Waals surface area contributed by atoms with Crippen LogP contribution < -0.4 is 11.1 Å². The molecule has 0 spiro atoms. The molecule has 0 heterocycles. The van der Waals surface area contributed by atoms with Crippen LogP contribution in [0.15, 0.2) is 18.2 Å². The third-order valence-corrected chi connectivity index (χ3v) is 3.49. The first kappa shape index (κ1) is 15.1. The minimum Gasteiger partial charge on any atom is -0.399 e. The molecule has 0 bridgehead atoms. The second-order valence-corrected chi connectivity index (χ2v) is 4.95. The van der Waals surface area contributed by atoms with Gasteiger partial charge in [0.2, 0.25) is 0 Å². The Morgan fingerprint density at radius 1 is 1.28 bits per heavy atom. The number of carbonyl (C=O) groups excluding carboxylic acids is 1. The van der Waals surface area contributed by atoms with Crippen LogP contribution in [-0.4, -0.2) is 11.9 Å². The zero-order valence-electron chi connectivity index (χ0n) is 10.1. The molecule has 1 aliphatic carbocycles. The van der Waals surface area contributed by atoms with Crippen LogP contribution in [0.5, 0.6) is 0 Å². The normalized spacial score (nSPS) is 15.8. The Morgan fingerprint density at radius 2 is 1.94 bits per heavy atom. The van der Waals surface area contributed by atoms with Gasteiger partial charge >= 0.3 is 0 Å². The molecule has 18 heavy (non-hydrogen) atoms. The van der Waals surface area contributed by atoms with Crippen LogP contribution in [-0.2, 0) is 0 Å². The Kier molecular flexibility index (Phi) is 5.76. The number of nitrogen functional groups attached to an aromatic ring is 1. The zero-order valence-corrected chi connectivity index (χ0v) is 11.7. The number of amides is 1. The molecule has 0 unspecified atom stereocenters. The highest BCUT2D eigenvalue weighted by atomic mass is 35.5. The van der Waals surface area contributed by atoms with Gasteiger partial charge in [-0.15, -0.1) is 12.4 Å². The van der Waals surface area contributed by atoms with E-state index in [2.05, 4.69) is 5.32 Å². The van der Waals surface area contributed by atoms with E-state index in [1.807, 2.05) is 0 Å². The number of rotatable bonds is 2. The van der Waals surface area contributed by atoms with Crippen LogP contribution in [0.3, 0.4) is 0 Å². The van der Waals surface area contributed by atoms with E-state index in [1.54, 1.807) is 18.2 Å². The van der Waals surface area contributed by atoms with Crippen molar-refractivity contribution in [1.82, 2.24) is 5.32 Å². The smallest absolute Gasteiger partial charge is 0.253 e. The van der Waals surface area contributed by atoms with E-state index in [-0.39, 0.29) is 18.3 Å². The minimum absolute atomic E-state index is 0. The lowest BCUT2D eigenvalue weighted by atomic mass is 9.95. The maximum absolute atomic E-state index is 12.0. The molecule has 1 aromatic rings. The summed E-state index contributed by atoms with van der Waals surface area (Å²) in [5.41, 5.74) is 6.68. The van der Waals surface area contributed by atoms with Crippen LogP contribution in [0.2, 0.25) is 5.02 Å². The zero-order chi connectivity index (χ0) is 12.3. The van der Waals surface area contributed by atoms with Crippen LogP contribution in [0.25, 0.3) is 0 Å². The molecule has 1 aromatic carbocycles. The van der Waals surface area contributed by atoms with Gasteiger partial charge in [-0.05, 0) is 31.0 Å². The Morgan fingerprint density at radius 3 is 2.56 bits per heavy atom. The van der Waals surface area contributed by atoms with Crippen LogP contribution in [0.4, 0.5) is 5.69 Å². The highest BCUT2D eigenvalue weighted by Gasteiger charge is 2.18. The topological polar surface area (TPSA) is 55.1 Å². The summed E-state index contributed by atoms with van der Waals surface area (Å²) in [5, 5.41) is 3.45. The summed E-state index contributed by atoms with van der Waals surface area (Å²) >= 11 is 6.00. The molecule has 0 radical (unpaired) electrons. The second kappa shape index (κ2) is 6.86. The summed E-state index contributed by atoms with van der Waals surface area (Å²) in [5.74, 6) is -0.0955. The summed E-state index contributed by atoms with van der Waals surface area (Å²) in [6.07, 6.45) is 5.80. The molecule has 1 fully saturated rings. The van der Waals surface area contributed by atoms with E-state index < -0.39 is 0 Å². The SMILES string of the molecule is Cl.Nc1ccc(C(=O)NC2CCCCC2)c(Cl)c1. The lowest BCUT2D eigenvalue weighted by Gasteiger charge is -2.23. The second-order valence-electron chi connectivity index (χ2n) is 4.55. The molecule has 0 saturated heterocycles. The lowest BCUT2D eigenvalue weighted by molar-refractivity contribution is 0.0928. The van der Waals surface area contributed by atoms with Gasteiger partial charge < -0.3 is 11.1 Å². The number of benzene rings is 1. The van der Waals surface area contributed by atoms with Crippen LogP contribution >= 0.6 is 24.0 Å². The summed E-state index contributed by atoms with van der Waals surface area (Å²) in [4.78, 5) is 12.0. The highest BCUT2D eigenvalue weighted by Crippen LogP contribution is 2.21. The minimum atomic E-state index is -0.0955. The van der Waals surface area contributed by atoms with Gasteiger partial charge in [0.05, 0.1) is 10.6 Å². The predicted molar refractivity (Wildman–Crippen MR) is 77.5 cm³/mol. The van der Waals surface area contributed by atoms with Gasteiger partial charge in [0.15, 0.2) is 0 Å². The Labute approximate surface area is 118 Å². The average molecular weight is 289 g/mol. The van der Waals surface area contributed by atoms with E-state index in [1.165, 1.54) is 19.3 Å². The van der Waals surface area contributed by atoms with Crippen molar-refractivity contribution in [2.24, 2.45) is 0 Å². The van der Waals surface area contributed by atoms with E-state index in [9.17, 15) is 4.79 Å². The Hall–Kier alpha value is -0.930. The average Bonchev–Trinajstić information content (AvgIpc) is 2.30. The first-order valence-electron chi connectivity index (χ1n) is 6.02. The van der Waals surface area contributed by atoms with Gasteiger partial charge in [0.25, 0.3) is 5.91 Å². The molecular formula is C13H18Cl2N2O. The molecule has 1 amide bonds. The molecule has 100 valence electrons. The highest BCUT2D eigenvalue weighted by molar-refractivity contribution is 6.34. The van der Waals surface area contributed by atoms with Gasteiger partial charge in [-0.2, -0.15) is 0 Å². The maximum atomic E-state index is 12.0. The number of hydrogen-bond acceptors (Lipinski definition) is 2. The molecular weight excluding hydrogens is 271 g/mol. The number of nitrogens with one attached hydrogen (secondary N) is 1. The van der Waals surface area contributed by atoms with Crippen molar-refractivity contribution in [3.05, 3.63) is 28.8 Å². The fraction of sp³-hybridized carbons (Fsp3) is 0.462. The summed E-state index contributed by atoms with van der Waals surface area (Å²) in [7, 11) is 0. The van der Waals surface area contributed by atoms with Gasteiger partial charge in [0, 0.05) is 11.7 Å². The van der Waals surface area contributed by atoms with Crippen molar-refractivity contribution in [1.29, 1.82) is 0 Å². The van der Waals surface area contributed by atoms with Gasteiger partial charge in [-0.1, -0.05) is 30.9 Å². The fourth-order valence-corrected chi connectivity index (χ4v) is 2.50.